The van der Waals surface area contributed by atoms with Gasteiger partial charge in [0.15, 0.2) is 6.29 Å². The molecule has 2 bridgehead atoms. The van der Waals surface area contributed by atoms with E-state index >= 15 is 0 Å². The van der Waals surface area contributed by atoms with Crippen molar-refractivity contribution in [2.24, 2.45) is 11.3 Å². The van der Waals surface area contributed by atoms with Gasteiger partial charge >= 0.3 is 39.2 Å². The molecular formula is C17H18F6O8S. The van der Waals surface area contributed by atoms with E-state index in [1.54, 1.807) is 0 Å². The molecular weight excluding hydrogens is 478 g/mol. The topological polar surface area (TPSA) is 116 Å². The average molecular weight is 496 g/mol. The lowest BCUT2D eigenvalue weighted by Gasteiger charge is -2.43. The van der Waals surface area contributed by atoms with E-state index in [4.69, 9.17) is 14.0 Å². The predicted molar refractivity (Wildman–Crippen MR) is 90.3 cm³/mol. The summed E-state index contributed by atoms with van der Waals surface area (Å²) in [4.78, 5) is 24.1. The van der Waals surface area contributed by atoms with E-state index in [1.165, 1.54) is 6.08 Å². The maximum atomic E-state index is 13.5. The number of halogens is 6. The summed E-state index contributed by atoms with van der Waals surface area (Å²) in [7, 11) is -6.21. The summed E-state index contributed by atoms with van der Waals surface area (Å²) in [6, 6.07) is 0. The second-order valence-electron chi connectivity index (χ2n) is 8.07. The van der Waals surface area contributed by atoms with E-state index < -0.39 is 70.0 Å². The first kappa shape index (κ1) is 24.9. The normalized spacial score (nSPS) is 30.7. The Morgan fingerprint density at radius 2 is 1.69 bits per heavy atom. The first-order chi connectivity index (χ1) is 14.5. The zero-order chi connectivity index (χ0) is 24.2. The highest BCUT2D eigenvalue weighted by Crippen LogP contribution is 2.51. The van der Waals surface area contributed by atoms with Gasteiger partial charge in [-0.3, -0.25) is 9.35 Å². The fraction of sp³-hybridized carbons (Fsp3) is 0.765. The Hall–Kier alpha value is -1.71. The third-order valence-corrected chi connectivity index (χ3v) is 6.53. The molecule has 0 aromatic rings. The summed E-state index contributed by atoms with van der Waals surface area (Å²) in [6.45, 7) is -3.33. The third-order valence-electron chi connectivity index (χ3n) is 5.72. The average Bonchev–Trinajstić information content (AvgIpc) is 2.76. The molecule has 0 aromatic heterocycles. The lowest BCUT2D eigenvalue weighted by molar-refractivity contribution is -0.222. The fourth-order valence-corrected chi connectivity index (χ4v) is 4.32. The third kappa shape index (κ3) is 4.39. The quantitative estimate of drug-likeness (QED) is 0.208. The number of esters is 2. The highest BCUT2D eigenvalue weighted by molar-refractivity contribution is 7.87. The van der Waals surface area contributed by atoms with Crippen molar-refractivity contribution >= 4 is 22.1 Å². The van der Waals surface area contributed by atoms with E-state index in [1.807, 2.05) is 0 Å². The van der Waals surface area contributed by atoms with Crippen LogP contribution in [-0.2, 0) is 33.9 Å². The van der Waals surface area contributed by atoms with Crippen LogP contribution < -0.4 is 0 Å². The van der Waals surface area contributed by atoms with E-state index in [0.29, 0.717) is 18.4 Å². The van der Waals surface area contributed by atoms with Crippen molar-refractivity contribution in [3.8, 4) is 0 Å². The van der Waals surface area contributed by atoms with Gasteiger partial charge in [0.05, 0.1) is 5.41 Å². The second kappa shape index (κ2) is 7.95. The molecule has 2 atom stereocenters. The molecule has 15 heteroatoms. The summed E-state index contributed by atoms with van der Waals surface area (Å²) < 4.78 is 125. The zero-order valence-electron chi connectivity index (χ0n) is 16.2. The standard InChI is InChI=1S/C17H18F6O8S/c18-15(19)7-29-11(30-8-16(15,20)21)10-4-9-2-1-3-14(5-9,6-10)12(24)31-13(25)17(22,23)32(26,27)28/h4,10-11H,1-3,5-8H2,(H,26,27,28). The SMILES string of the molecule is O=C(OC(=O)C(F)(F)S(=O)(=O)O)C12CCCC(=CC(C3OCC(F)(F)C(F)(F)CO3)C1)C2. The largest absolute Gasteiger partial charge is 0.466 e. The van der Waals surface area contributed by atoms with Gasteiger partial charge in [0.1, 0.15) is 13.2 Å². The maximum absolute atomic E-state index is 13.5. The summed E-state index contributed by atoms with van der Waals surface area (Å²) in [5, 5.41) is -5.40. The Balaban J connectivity index is 1.81. The van der Waals surface area contributed by atoms with Crippen molar-refractivity contribution in [1.29, 1.82) is 0 Å². The van der Waals surface area contributed by atoms with E-state index in [-0.39, 0.29) is 19.3 Å². The number of rotatable bonds is 4. The smallest absolute Gasteiger partial charge is 0.387 e. The number of ether oxygens (including phenoxy) is 3. The molecule has 0 radical (unpaired) electrons. The van der Waals surface area contributed by atoms with Crippen LogP contribution in [0.15, 0.2) is 11.6 Å². The van der Waals surface area contributed by atoms with Gasteiger partial charge in [-0.2, -0.15) is 34.8 Å². The first-order valence-corrected chi connectivity index (χ1v) is 10.7. The van der Waals surface area contributed by atoms with Crippen LogP contribution in [0.4, 0.5) is 26.3 Å². The monoisotopic (exact) mass is 496 g/mol. The van der Waals surface area contributed by atoms with Gasteiger partial charge in [0.25, 0.3) is 0 Å². The fourth-order valence-electron chi connectivity index (χ4n) is 4.06. The van der Waals surface area contributed by atoms with Gasteiger partial charge in [-0.1, -0.05) is 11.6 Å². The molecule has 0 aromatic carbocycles. The number of alkyl halides is 6. The molecule has 0 amide bonds. The van der Waals surface area contributed by atoms with Crippen LogP contribution in [0, 0.1) is 11.3 Å². The molecule has 1 saturated heterocycles. The number of hydrogen-bond acceptors (Lipinski definition) is 7. The first-order valence-electron chi connectivity index (χ1n) is 9.31. The minimum atomic E-state index is -6.21. The Kier molecular flexibility index (Phi) is 6.19. The van der Waals surface area contributed by atoms with Crippen LogP contribution in [0.5, 0.6) is 0 Å². The molecule has 1 aliphatic heterocycles. The van der Waals surface area contributed by atoms with Gasteiger partial charge in [-0.25, -0.2) is 4.79 Å². The highest BCUT2D eigenvalue weighted by Gasteiger charge is 2.60. The van der Waals surface area contributed by atoms with Crippen LogP contribution in [0.3, 0.4) is 0 Å². The van der Waals surface area contributed by atoms with Crippen LogP contribution in [0.25, 0.3) is 0 Å². The van der Waals surface area contributed by atoms with Crippen LogP contribution in [0.2, 0.25) is 0 Å². The second-order valence-corrected chi connectivity index (χ2v) is 9.53. The Labute approximate surface area is 177 Å². The van der Waals surface area contributed by atoms with E-state index in [2.05, 4.69) is 4.74 Å². The minimum Gasteiger partial charge on any atom is -0.387 e. The van der Waals surface area contributed by atoms with Crippen molar-refractivity contribution in [3.63, 3.8) is 0 Å². The molecule has 2 aliphatic carbocycles. The molecule has 3 aliphatic rings. The summed E-state index contributed by atoms with van der Waals surface area (Å²) >= 11 is 0. The molecule has 2 fully saturated rings. The molecule has 3 rings (SSSR count). The van der Waals surface area contributed by atoms with Crippen LogP contribution in [-0.4, -0.2) is 61.5 Å². The lowest BCUT2D eigenvalue weighted by Crippen LogP contribution is -2.47. The molecule has 1 N–H and O–H groups in total. The molecule has 2 unspecified atom stereocenters. The highest BCUT2D eigenvalue weighted by atomic mass is 32.2. The van der Waals surface area contributed by atoms with Gasteiger partial charge in [0.2, 0.25) is 0 Å². The van der Waals surface area contributed by atoms with E-state index in [0.717, 1.165) is 0 Å². The molecule has 0 spiro atoms. The van der Waals surface area contributed by atoms with Crippen molar-refractivity contribution in [1.82, 2.24) is 0 Å². The summed E-state index contributed by atoms with van der Waals surface area (Å²) in [5.41, 5.74) is -1.12. The molecule has 32 heavy (non-hydrogen) atoms. The van der Waals surface area contributed by atoms with Crippen LogP contribution in [0.1, 0.15) is 32.1 Å². The van der Waals surface area contributed by atoms with E-state index in [9.17, 15) is 44.3 Å². The lowest BCUT2D eigenvalue weighted by atomic mass is 9.63. The van der Waals surface area contributed by atoms with Crippen molar-refractivity contribution in [3.05, 3.63) is 11.6 Å². The summed E-state index contributed by atoms with van der Waals surface area (Å²) in [6.07, 6.45) is 0.187. The number of fused-ring (bicyclic) bond motifs is 2. The number of carbonyl (C=O) groups is 2. The van der Waals surface area contributed by atoms with Crippen molar-refractivity contribution in [2.45, 2.75) is 55.5 Å². The Morgan fingerprint density at radius 1 is 1.12 bits per heavy atom. The van der Waals surface area contributed by atoms with Gasteiger partial charge in [-0.05, 0) is 32.1 Å². The predicted octanol–water partition coefficient (Wildman–Crippen LogP) is 2.69. The minimum absolute atomic E-state index is 0.0105. The van der Waals surface area contributed by atoms with Crippen molar-refractivity contribution < 1.29 is 63.1 Å². The number of allylic oxidation sites excluding steroid dienone is 1. The molecule has 1 saturated carbocycles. The van der Waals surface area contributed by atoms with Gasteiger partial charge in [0, 0.05) is 5.92 Å². The number of hydrogen-bond donors (Lipinski definition) is 1. The number of carbonyl (C=O) groups excluding carboxylic acids is 2. The molecule has 8 nitrogen and oxygen atoms in total. The maximum Gasteiger partial charge on any atom is 0.466 e. The molecule has 182 valence electrons. The van der Waals surface area contributed by atoms with Gasteiger partial charge < -0.3 is 14.2 Å². The van der Waals surface area contributed by atoms with Crippen LogP contribution >= 0.6 is 0 Å². The Bertz CT molecular complexity index is 915. The van der Waals surface area contributed by atoms with Crippen molar-refractivity contribution in [2.75, 3.05) is 13.2 Å². The molecule has 1 heterocycles. The van der Waals surface area contributed by atoms with Gasteiger partial charge in [-0.15, -0.1) is 0 Å². The summed E-state index contributed by atoms with van der Waals surface area (Å²) in [5.74, 6) is -14.4. The zero-order valence-corrected chi connectivity index (χ0v) is 17.0. The Morgan fingerprint density at radius 3 is 2.22 bits per heavy atom.